The average molecular weight is 426 g/mol. The predicted molar refractivity (Wildman–Crippen MR) is 112 cm³/mol. The minimum absolute atomic E-state index is 0.147. The molecule has 0 heterocycles. The summed E-state index contributed by atoms with van der Waals surface area (Å²) in [6.45, 7) is -0.0391. The molecule has 2 rings (SSSR count). The highest BCUT2D eigenvalue weighted by Gasteiger charge is 2.32. The largest absolute Gasteiger partial charge is 0.481 e. The predicted octanol–water partition coefficient (Wildman–Crippen LogP) is 2.85. The van der Waals surface area contributed by atoms with Crippen LogP contribution in [-0.4, -0.2) is 42.3 Å². The number of benzene rings is 2. The van der Waals surface area contributed by atoms with Gasteiger partial charge in [-0.3, -0.25) is 19.2 Å². The number of ketones is 2. The van der Waals surface area contributed by atoms with Gasteiger partial charge in [0.25, 0.3) is 0 Å². The first kappa shape index (κ1) is 24.0. The summed E-state index contributed by atoms with van der Waals surface area (Å²) in [7, 11) is 1.13. The molecular weight excluding hydrogens is 400 g/mol. The van der Waals surface area contributed by atoms with E-state index in [0.29, 0.717) is 0 Å². The first-order valence-electron chi connectivity index (χ1n) is 9.91. The summed E-state index contributed by atoms with van der Waals surface area (Å²) in [5.41, 5.74) is 1.68. The number of Topliss-reactive ketones (excluding diaryl/α,β-unsaturated/α-hetero) is 2. The number of hydrogen-bond acceptors (Lipinski definition) is 6. The third kappa shape index (κ3) is 8.14. The zero-order chi connectivity index (χ0) is 22.6. The molecule has 7 nitrogen and oxygen atoms in total. The highest BCUT2D eigenvalue weighted by atomic mass is 16.5. The number of carboxylic acids is 1. The van der Waals surface area contributed by atoms with E-state index >= 15 is 0 Å². The minimum atomic E-state index is -1.22. The van der Waals surface area contributed by atoms with E-state index in [9.17, 15) is 19.2 Å². The summed E-state index contributed by atoms with van der Waals surface area (Å²) in [5, 5.41) is 9.04. The lowest BCUT2D eigenvalue weighted by atomic mass is 9.86. The number of esters is 1. The fourth-order valence-electron chi connectivity index (χ4n) is 3.20. The van der Waals surface area contributed by atoms with Gasteiger partial charge in [0.1, 0.15) is 12.4 Å². The van der Waals surface area contributed by atoms with Crippen molar-refractivity contribution in [2.24, 2.45) is 11.8 Å². The molecule has 7 heteroatoms. The lowest BCUT2D eigenvalue weighted by Crippen LogP contribution is -2.33. The number of ether oxygens (including phenoxy) is 2. The second-order valence-electron chi connectivity index (χ2n) is 7.18. The molecule has 0 aliphatic rings. The monoisotopic (exact) mass is 426 g/mol. The molecule has 31 heavy (non-hydrogen) atoms. The van der Waals surface area contributed by atoms with Crippen LogP contribution in [0.25, 0.3) is 0 Å². The summed E-state index contributed by atoms with van der Waals surface area (Å²) in [6, 6.07) is 18.3. The zero-order valence-electron chi connectivity index (χ0n) is 17.4. The van der Waals surface area contributed by atoms with Crippen LogP contribution in [0.2, 0.25) is 0 Å². The summed E-state index contributed by atoms with van der Waals surface area (Å²) < 4.78 is 10.1. The second-order valence-corrected chi connectivity index (χ2v) is 7.18. The number of hydrogen-bond donors (Lipinski definition) is 1. The minimum Gasteiger partial charge on any atom is -0.481 e. The van der Waals surface area contributed by atoms with E-state index in [0.717, 1.165) is 18.2 Å². The number of carboxylic acid groups (broad SMARTS) is 1. The summed E-state index contributed by atoms with van der Waals surface area (Å²) in [6.07, 6.45) is -0.787. The maximum absolute atomic E-state index is 13.0. The number of carbonyl (C=O) groups is 4. The Balaban J connectivity index is 2.10. The molecule has 0 bridgehead atoms. The summed E-state index contributed by atoms with van der Waals surface area (Å²) in [5.74, 6) is -5.12. The van der Waals surface area contributed by atoms with Crippen LogP contribution in [0.3, 0.4) is 0 Å². The van der Waals surface area contributed by atoms with Gasteiger partial charge in [0.2, 0.25) is 0 Å². The number of aliphatic carboxylic acids is 1. The van der Waals surface area contributed by atoms with E-state index in [1.807, 2.05) is 36.4 Å². The lowest BCUT2D eigenvalue weighted by molar-refractivity contribution is -0.152. The van der Waals surface area contributed by atoms with Crippen molar-refractivity contribution in [2.45, 2.75) is 25.9 Å². The van der Waals surface area contributed by atoms with Gasteiger partial charge < -0.3 is 14.6 Å². The third-order valence-corrected chi connectivity index (χ3v) is 4.82. The number of methoxy groups -OCH3 is 1. The standard InChI is InChI=1S/C24H26O7/c1-30-24(29)19(14-23(27)28)13-21(25)20(12-17-8-4-2-5-9-17)22(26)16-31-15-18-10-6-3-7-11-18/h2-11,19-20H,12-16H2,1H3,(H,27,28)/t19-,20?/m1/s1. The van der Waals surface area contributed by atoms with Crippen LogP contribution < -0.4 is 0 Å². The van der Waals surface area contributed by atoms with Gasteiger partial charge in [0.05, 0.1) is 32.0 Å². The molecule has 0 fully saturated rings. The summed E-state index contributed by atoms with van der Waals surface area (Å²) >= 11 is 0. The fourth-order valence-corrected chi connectivity index (χ4v) is 3.20. The van der Waals surface area contributed by atoms with Crippen molar-refractivity contribution < 1.29 is 33.8 Å². The van der Waals surface area contributed by atoms with Crippen LogP contribution in [0, 0.1) is 11.8 Å². The molecule has 0 amide bonds. The molecule has 164 valence electrons. The van der Waals surface area contributed by atoms with Gasteiger partial charge in [-0.2, -0.15) is 0 Å². The van der Waals surface area contributed by atoms with E-state index < -0.39 is 41.8 Å². The third-order valence-electron chi connectivity index (χ3n) is 4.82. The molecule has 1 N–H and O–H groups in total. The molecule has 0 aromatic heterocycles. The van der Waals surface area contributed by atoms with E-state index in [1.54, 1.807) is 24.3 Å². The second kappa shape index (κ2) is 12.4. The average Bonchev–Trinajstić information content (AvgIpc) is 2.77. The van der Waals surface area contributed by atoms with Crippen molar-refractivity contribution >= 4 is 23.5 Å². The van der Waals surface area contributed by atoms with E-state index in [-0.39, 0.29) is 26.1 Å². The highest BCUT2D eigenvalue weighted by Crippen LogP contribution is 2.19. The Kier molecular flexibility index (Phi) is 9.58. The van der Waals surface area contributed by atoms with Crippen LogP contribution in [0.4, 0.5) is 0 Å². The van der Waals surface area contributed by atoms with Gasteiger partial charge in [0, 0.05) is 6.42 Å². The molecular formula is C24H26O7. The maximum Gasteiger partial charge on any atom is 0.309 e. The lowest BCUT2D eigenvalue weighted by Gasteiger charge is -2.18. The van der Waals surface area contributed by atoms with Crippen LogP contribution in [0.15, 0.2) is 60.7 Å². The van der Waals surface area contributed by atoms with Crippen LogP contribution in [-0.2, 0) is 41.7 Å². The Labute approximate surface area is 181 Å². The van der Waals surface area contributed by atoms with Gasteiger partial charge in [-0.15, -0.1) is 0 Å². The molecule has 2 aromatic rings. The van der Waals surface area contributed by atoms with E-state index in [2.05, 4.69) is 4.74 Å². The van der Waals surface area contributed by atoms with Crippen LogP contribution in [0.1, 0.15) is 24.0 Å². The number of rotatable bonds is 13. The Morgan fingerprint density at radius 2 is 1.42 bits per heavy atom. The SMILES string of the molecule is COC(=O)[C@@H](CC(=O)O)CC(=O)C(Cc1ccccc1)C(=O)COCc1ccccc1. The quantitative estimate of drug-likeness (QED) is 0.388. The molecule has 0 saturated carbocycles. The Morgan fingerprint density at radius 1 is 0.839 bits per heavy atom. The molecule has 0 spiro atoms. The van der Waals surface area contributed by atoms with Gasteiger partial charge in [-0.1, -0.05) is 60.7 Å². The van der Waals surface area contributed by atoms with Crippen molar-refractivity contribution in [1.82, 2.24) is 0 Å². The van der Waals surface area contributed by atoms with Gasteiger partial charge in [0.15, 0.2) is 5.78 Å². The Morgan fingerprint density at radius 3 is 1.97 bits per heavy atom. The highest BCUT2D eigenvalue weighted by molar-refractivity contribution is 6.04. The Hall–Kier alpha value is -3.32. The van der Waals surface area contributed by atoms with Crippen molar-refractivity contribution in [3.8, 4) is 0 Å². The van der Waals surface area contributed by atoms with Gasteiger partial charge in [-0.25, -0.2) is 0 Å². The number of carbonyl (C=O) groups excluding carboxylic acids is 3. The van der Waals surface area contributed by atoms with Crippen molar-refractivity contribution in [3.05, 3.63) is 71.8 Å². The van der Waals surface area contributed by atoms with Gasteiger partial charge >= 0.3 is 11.9 Å². The van der Waals surface area contributed by atoms with E-state index in [1.165, 1.54) is 0 Å². The van der Waals surface area contributed by atoms with E-state index in [4.69, 9.17) is 9.84 Å². The molecule has 0 radical (unpaired) electrons. The maximum atomic E-state index is 13.0. The fraction of sp³-hybridized carbons (Fsp3) is 0.333. The molecule has 0 aliphatic carbocycles. The first-order chi connectivity index (χ1) is 14.9. The molecule has 2 aromatic carbocycles. The van der Waals surface area contributed by atoms with Crippen molar-refractivity contribution in [3.63, 3.8) is 0 Å². The Bertz CT molecular complexity index is 877. The molecule has 0 aliphatic heterocycles. The smallest absolute Gasteiger partial charge is 0.309 e. The topological polar surface area (TPSA) is 107 Å². The van der Waals surface area contributed by atoms with Crippen LogP contribution >= 0.6 is 0 Å². The normalized spacial score (nSPS) is 12.5. The van der Waals surface area contributed by atoms with Gasteiger partial charge in [-0.05, 0) is 17.5 Å². The summed E-state index contributed by atoms with van der Waals surface area (Å²) in [4.78, 5) is 48.8. The molecule has 2 atom stereocenters. The first-order valence-corrected chi connectivity index (χ1v) is 9.91. The molecule has 1 unspecified atom stereocenters. The van der Waals surface area contributed by atoms with Crippen molar-refractivity contribution in [1.29, 1.82) is 0 Å². The van der Waals surface area contributed by atoms with Crippen molar-refractivity contribution in [2.75, 3.05) is 13.7 Å². The molecule has 0 saturated heterocycles. The van der Waals surface area contributed by atoms with Crippen LogP contribution in [0.5, 0.6) is 0 Å². The zero-order valence-corrected chi connectivity index (χ0v) is 17.4.